The Labute approximate surface area is 87.8 Å². The van der Waals surface area contributed by atoms with Gasteiger partial charge in [-0.15, -0.1) is 0 Å². The van der Waals surface area contributed by atoms with Crippen LogP contribution in [0.3, 0.4) is 0 Å². The predicted octanol–water partition coefficient (Wildman–Crippen LogP) is 0.746. The summed E-state index contributed by atoms with van der Waals surface area (Å²) in [5.74, 6) is 5.88. The first-order valence-corrected chi connectivity index (χ1v) is 5.62. The highest BCUT2D eigenvalue weighted by Crippen LogP contribution is 3.02. The van der Waals surface area contributed by atoms with Crippen LogP contribution in [0.15, 0.2) is 12.2 Å². The molecule has 0 aromatic rings. The zero-order valence-corrected chi connectivity index (χ0v) is 8.55. The Balaban J connectivity index is 0.0000000980. The fraction of sp³-hybridized carbons (Fsp3) is 0.750. The monoisotopic (exact) mass is 206 g/mol. The lowest BCUT2D eigenvalue weighted by molar-refractivity contribution is -0.621. The number of carboxylic acids is 1. The molecule has 6 saturated carbocycles. The number of hydrogen-bond donors (Lipinski definition) is 2. The van der Waals surface area contributed by atoms with E-state index in [-0.39, 0.29) is 11.2 Å². The Morgan fingerprint density at radius 2 is 1.47 bits per heavy atom. The third kappa shape index (κ3) is 0.503. The lowest BCUT2D eigenvalue weighted by Gasteiger charge is -3.05. The standard InChI is InChI=1S/C8H8O.C4H6O2/c9-8-5-2-1-3(5)7(8)4(1)6(2)8;1-3(2)4(5)6/h1-7,9H;1H2,2H3,(H,5,6). The van der Waals surface area contributed by atoms with Crippen molar-refractivity contribution >= 4 is 5.97 Å². The van der Waals surface area contributed by atoms with Crippen LogP contribution in [0.1, 0.15) is 6.92 Å². The summed E-state index contributed by atoms with van der Waals surface area (Å²) in [6, 6.07) is 0. The average Bonchev–Trinajstić information content (AvgIpc) is 2.18. The summed E-state index contributed by atoms with van der Waals surface area (Å²) in [4.78, 5) is 9.60. The van der Waals surface area contributed by atoms with Gasteiger partial charge in [0.1, 0.15) is 0 Å². The number of carbonyl (C=O) groups is 1. The Bertz CT molecular complexity index is 348. The van der Waals surface area contributed by atoms with Crippen molar-refractivity contribution in [3.05, 3.63) is 12.2 Å². The third-order valence-electron chi connectivity index (χ3n) is 5.79. The molecule has 0 aliphatic heterocycles. The Kier molecular flexibility index (Phi) is 1.05. The molecule has 6 rings (SSSR count). The molecule has 0 saturated heterocycles. The zero-order valence-electron chi connectivity index (χ0n) is 8.55. The van der Waals surface area contributed by atoms with E-state index in [1.54, 1.807) is 0 Å². The summed E-state index contributed by atoms with van der Waals surface area (Å²) >= 11 is 0. The van der Waals surface area contributed by atoms with Crippen molar-refractivity contribution in [2.24, 2.45) is 41.4 Å². The number of aliphatic carboxylic acids is 1. The van der Waals surface area contributed by atoms with Crippen molar-refractivity contribution in [1.29, 1.82) is 0 Å². The van der Waals surface area contributed by atoms with Gasteiger partial charge in [-0.05, 0) is 48.3 Å². The summed E-state index contributed by atoms with van der Waals surface area (Å²) < 4.78 is 0. The van der Waals surface area contributed by atoms with Crippen LogP contribution in [0.25, 0.3) is 0 Å². The number of rotatable bonds is 1. The first kappa shape index (κ1) is 8.34. The van der Waals surface area contributed by atoms with Gasteiger partial charge in [0, 0.05) is 5.57 Å². The predicted molar refractivity (Wildman–Crippen MR) is 51.8 cm³/mol. The molecule has 0 atom stereocenters. The molecule has 0 aromatic heterocycles. The van der Waals surface area contributed by atoms with Gasteiger partial charge >= 0.3 is 5.97 Å². The second-order valence-electron chi connectivity index (χ2n) is 5.86. The van der Waals surface area contributed by atoms with E-state index in [1.807, 2.05) is 0 Å². The highest BCUT2D eigenvalue weighted by Gasteiger charge is 3.04. The maximum atomic E-state index is 9.80. The first-order valence-electron chi connectivity index (χ1n) is 5.62. The number of aliphatic hydroxyl groups is 1. The summed E-state index contributed by atoms with van der Waals surface area (Å²) in [5, 5.41) is 17.7. The summed E-state index contributed by atoms with van der Waals surface area (Å²) in [6.45, 7) is 4.60. The van der Waals surface area contributed by atoms with E-state index < -0.39 is 5.97 Å². The fourth-order valence-corrected chi connectivity index (χ4v) is 5.37. The van der Waals surface area contributed by atoms with Crippen LogP contribution in [0.2, 0.25) is 0 Å². The van der Waals surface area contributed by atoms with Gasteiger partial charge in [0.05, 0.1) is 5.60 Å². The van der Waals surface area contributed by atoms with E-state index in [0.717, 1.165) is 41.4 Å². The maximum Gasteiger partial charge on any atom is 0.330 e. The molecule has 0 radical (unpaired) electrons. The molecular formula is C12H14O3. The second kappa shape index (κ2) is 1.88. The zero-order chi connectivity index (χ0) is 10.7. The van der Waals surface area contributed by atoms with Crippen LogP contribution >= 0.6 is 0 Å². The van der Waals surface area contributed by atoms with Crippen LogP contribution in [0.4, 0.5) is 0 Å². The molecule has 3 nitrogen and oxygen atoms in total. The normalized spacial score (nSPS) is 66.4. The molecule has 80 valence electrons. The highest BCUT2D eigenvalue weighted by molar-refractivity contribution is 5.84. The molecule has 0 aromatic carbocycles. The molecule has 6 aliphatic carbocycles. The summed E-state index contributed by atoms with van der Waals surface area (Å²) in [7, 11) is 0. The van der Waals surface area contributed by atoms with Crippen molar-refractivity contribution in [3.63, 3.8) is 0 Å². The SMILES string of the molecule is C=C(C)C(=O)O.OC12C3C4C5C3C1C5C42. The van der Waals surface area contributed by atoms with Crippen molar-refractivity contribution in [1.82, 2.24) is 0 Å². The molecule has 15 heavy (non-hydrogen) atoms. The lowest BCUT2D eigenvalue weighted by atomic mass is 8.99. The number of hydrogen-bond acceptors (Lipinski definition) is 2. The average molecular weight is 206 g/mol. The van der Waals surface area contributed by atoms with Crippen LogP contribution in [-0.4, -0.2) is 21.8 Å². The molecule has 0 bridgehead atoms. The van der Waals surface area contributed by atoms with Gasteiger partial charge in [0.15, 0.2) is 0 Å². The second-order valence-corrected chi connectivity index (χ2v) is 5.86. The molecule has 6 fully saturated rings. The minimum absolute atomic E-state index is 0.0330. The van der Waals surface area contributed by atoms with Crippen molar-refractivity contribution in [2.45, 2.75) is 12.5 Å². The molecule has 0 unspecified atom stereocenters. The fourth-order valence-electron chi connectivity index (χ4n) is 5.37. The summed E-state index contributed by atoms with van der Waals surface area (Å²) in [5.41, 5.74) is 0.143. The van der Waals surface area contributed by atoms with Crippen LogP contribution in [0.5, 0.6) is 0 Å². The van der Waals surface area contributed by atoms with Crippen LogP contribution in [-0.2, 0) is 4.79 Å². The maximum absolute atomic E-state index is 9.80. The van der Waals surface area contributed by atoms with Crippen molar-refractivity contribution in [2.75, 3.05) is 0 Å². The van der Waals surface area contributed by atoms with Gasteiger partial charge in [0.2, 0.25) is 0 Å². The topological polar surface area (TPSA) is 57.5 Å². The molecule has 0 spiro atoms. The third-order valence-corrected chi connectivity index (χ3v) is 5.79. The molecule has 6 aliphatic rings. The minimum atomic E-state index is -0.935. The van der Waals surface area contributed by atoms with E-state index in [4.69, 9.17) is 5.11 Å². The minimum Gasteiger partial charge on any atom is -0.478 e. The highest BCUT2D eigenvalue weighted by atomic mass is 16.4. The molecule has 3 heteroatoms. The molecule has 0 heterocycles. The van der Waals surface area contributed by atoms with Crippen molar-refractivity contribution < 1.29 is 15.0 Å². The van der Waals surface area contributed by atoms with Gasteiger partial charge in [0.25, 0.3) is 0 Å². The Morgan fingerprint density at radius 3 is 1.60 bits per heavy atom. The van der Waals surface area contributed by atoms with E-state index in [0.29, 0.717) is 0 Å². The van der Waals surface area contributed by atoms with Gasteiger partial charge in [-0.3, -0.25) is 0 Å². The van der Waals surface area contributed by atoms with Gasteiger partial charge in [-0.2, -0.15) is 0 Å². The smallest absolute Gasteiger partial charge is 0.330 e. The van der Waals surface area contributed by atoms with E-state index >= 15 is 0 Å². The van der Waals surface area contributed by atoms with Crippen LogP contribution < -0.4 is 0 Å². The van der Waals surface area contributed by atoms with Gasteiger partial charge in [-0.25, -0.2) is 4.79 Å². The quantitative estimate of drug-likeness (QED) is 0.622. The van der Waals surface area contributed by atoms with E-state index in [9.17, 15) is 9.90 Å². The van der Waals surface area contributed by atoms with E-state index in [1.165, 1.54) is 6.92 Å². The number of carboxylic acid groups (broad SMARTS) is 1. The molecular weight excluding hydrogens is 192 g/mol. The van der Waals surface area contributed by atoms with Crippen LogP contribution in [0, 0.1) is 41.4 Å². The Hall–Kier alpha value is -0.830. The first-order chi connectivity index (χ1) is 7.01. The molecule has 2 N–H and O–H groups in total. The van der Waals surface area contributed by atoms with Gasteiger partial charge < -0.3 is 10.2 Å². The van der Waals surface area contributed by atoms with Crippen molar-refractivity contribution in [3.8, 4) is 0 Å². The molecule has 0 amide bonds. The summed E-state index contributed by atoms with van der Waals surface area (Å²) in [6.07, 6.45) is 0. The largest absolute Gasteiger partial charge is 0.478 e. The lowest BCUT2D eigenvalue weighted by Crippen LogP contribution is -3.08. The Morgan fingerprint density at radius 1 is 1.13 bits per heavy atom. The van der Waals surface area contributed by atoms with Gasteiger partial charge in [-0.1, -0.05) is 6.58 Å². The van der Waals surface area contributed by atoms with E-state index in [2.05, 4.69) is 6.58 Å².